The predicted molar refractivity (Wildman–Crippen MR) is 11.5 cm³/mol. The summed E-state index contributed by atoms with van der Waals surface area (Å²) in [6.45, 7) is 0. The van der Waals surface area contributed by atoms with Gasteiger partial charge in [-0.25, -0.2) is 0 Å². The molecule has 0 bridgehead atoms. The van der Waals surface area contributed by atoms with E-state index in [2.05, 4.69) is 0 Å². The average molecular weight is 252 g/mol. The van der Waals surface area contributed by atoms with E-state index in [1.807, 2.05) is 0 Å². The van der Waals surface area contributed by atoms with Gasteiger partial charge >= 0.3 is 0 Å². The molecule has 0 N–H and O–H groups in total. The van der Waals surface area contributed by atoms with Crippen LogP contribution in [-0.4, -0.2) is 32.3 Å². The van der Waals surface area contributed by atoms with Crippen molar-refractivity contribution in [3.05, 3.63) is 0 Å². The molecule has 28 valence electrons. The van der Waals surface area contributed by atoms with Gasteiger partial charge in [-0.2, -0.15) is 0 Å². The van der Waals surface area contributed by atoms with E-state index in [9.17, 15) is 0 Å². The van der Waals surface area contributed by atoms with Gasteiger partial charge in [0.15, 0.2) is 0 Å². The van der Waals surface area contributed by atoms with Gasteiger partial charge in [0.1, 0.15) is 0 Å². The second-order valence-electron chi connectivity index (χ2n) is 0. The average Bonchev–Trinajstić information content (AvgIpc) is 0. The van der Waals surface area contributed by atoms with Crippen molar-refractivity contribution in [3.8, 4) is 0 Å². The molecule has 4 heavy (non-hydrogen) atoms. The zero-order valence-corrected chi connectivity index (χ0v) is 6.48. The number of rotatable bonds is 0. The first kappa shape index (κ1) is 39.7. The van der Waals surface area contributed by atoms with E-state index in [1.54, 1.807) is 0 Å². The zero-order valence-electron chi connectivity index (χ0n) is 1.70. The fourth-order valence-electron chi connectivity index (χ4n) is 0. The van der Waals surface area contributed by atoms with Gasteiger partial charge in [-0.15, -0.1) is 0 Å². The molecule has 0 saturated heterocycles. The van der Waals surface area contributed by atoms with Crippen LogP contribution in [0, 0.1) is 0 Å². The Hall–Kier alpha value is 1.88. The minimum atomic E-state index is 0. The first-order valence-electron chi connectivity index (χ1n) is 0. The third kappa shape index (κ3) is 9.11. The molecule has 0 nitrogen and oxygen atoms in total. The van der Waals surface area contributed by atoms with Crippen molar-refractivity contribution < 1.29 is 33.6 Å². The third-order valence-corrected chi connectivity index (χ3v) is 0. The monoisotopic (exact) mass is 252 g/mol. The first-order valence-corrected chi connectivity index (χ1v) is 0. The summed E-state index contributed by atoms with van der Waals surface area (Å²) in [5.41, 5.74) is 0. The normalized spacial score (nSPS) is 0. The van der Waals surface area contributed by atoms with Crippen LogP contribution in [0.25, 0.3) is 0 Å². The fraction of sp³-hybridized carbons (Fsp3) is 0. The van der Waals surface area contributed by atoms with Gasteiger partial charge in [0, 0.05) is 65.9 Å². The predicted octanol–water partition coefficient (Wildman–Crippen LogP) is -0.767. The number of hydrogen-bond donors (Lipinski definition) is 0. The Morgan fingerprint density at radius 1 is 1.00 bits per heavy atom. The Bertz CT molecular complexity index is 8.00. The molecular weight excluding hydrogens is 252 g/mol. The summed E-state index contributed by atoms with van der Waals surface area (Å²) in [5.74, 6) is 0. The van der Waals surface area contributed by atoms with Gasteiger partial charge in [0.25, 0.3) is 0 Å². The Kier molecular flexibility index (Phi) is 206. The Morgan fingerprint density at radius 2 is 1.00 bits per heavy atom. The van der Waals surface area contributed by atoms with Gasteiger partial charge in [0.2, 0.25) is 0 Å². The van der Waals surface area contributed by atoms with Gasteiger partial charge in [-0.05, 0) is 0 Å². The topological polar surface area (TPSA) is 0 Å². The first-order chi connectivity index (χ1) is 0. The van der Waals surface area contributed by atoms with Crippen LogP contribution >= 0.6 is 0 Å². The van der Waals surface area contributed by atoms with Crippen LogP contribution in [0.3, 0.4) is 0 Å². The SMILES string of the molecule is [B].[Cu].[Ni].[Sn]. The molecule has 0 aliphatic carbocycles. The molecule has 0 spiro atoms. The molecule has 0 fully saturated rings. The van der Waals surface area contributed by atoms with Crippen molar-refractivity contribution in [2.45, 2.75) is 0 Å². The maximum absolute atomic E-state index is 0. The quantitative estimate of drug-likeness (QED) is 0.497. The van der Waals surface area contributed by atoms with Crippen molar-refractivity contribution in [1.29, 1.82) is 0 Å². The van der Waals surface area contributed by atoms with E-state index in [0.29, 0.717) is 0 Å². The summed E-state index contributed by atoms with van der Waals surface area (Å²) >= 11 is 0. The van der Waals surface area contributed by atoms with Gasteiger partial charge in [-0.3, -0.25) is 0 Å². The molecule has 8 radical (unpaired) electrons. The molecule has 0 aromatic heterocycles. The van der Waals surface area contributed by atoms with E-state index < -0.39 is 0 Å². The van der Waals surface area contributed by atoms with Crippen LogP contribution in [0.5, 0.6) is 0 Å². The van der Waals surface area contributed by atoms with Crippen LogP contribution in [0.15, 0.2) is 0 Å². The third-order valence-electron chi connectivity index (χ3n) is 0. The molecule has 0 aliphatic heterocycles. The molecule has 0 atom stereocenters. The second kappa shape index (κ2) is 20.8. The summed E-state index contributed by atoms with van der Waals surface area (Å²) in [5, 5.41) is 0. The van der Waals surface area contributed by atoms with E-state index in [4.69, 9.17) is 0 Å². The van der Waals surface area contributed by atoms with E-state index in [-0.39, 0.29) is 65.9 Å². The van der Waals surface area contributed by atoms with Crippen molar-refractivity contribution in [2.24, 2.45) is 0 Å². The summed E-state index contributed by atoms with van der Waals surface area (Å²) in [6, 6.07) is 0. The standard InChI is InChI=1S/B.Cu.Ni.Sn. The summed E-state index contributed by atoms with van der Waals surface area (Å²) < 4.78 is 0. The van der Waals surface area contributed by atoms with Crippen molar-refractivity contribution in [1.82, 2.24) is 0 Å². The maximum Gasteiger partial charge on any atom is 0 e. The summed E-state index contributed by atoms with van der Waals surface area (Å²) in [4.78, 5) is 0. The van der Waals surface area contributed by atoms with Crippen molar-refractivity contribution >= 4 is 32.3 Å². The number of hydrogen-bond acceptors (Lipinski definition) is 0. The smallest absolute Gasteiger partial charge is 0 e. The molecule has 0 aromatic carbocycles. The molecule has 4 heteroatoms. The Balaban J connectivity index is 0. The van der Waals surface area contributed by atoms with Crippen molar-refractivity contribution in [2.75, 3.05) is 0 Å². The maximum atomic E-state index is 0. The second-order valence-corrected chi connectivity index (χ2v) is 0. The van der Waals surface area contributed by atoms with Crippen LogP contribution in [0.2, 0.25) is 0 Å². The van der Waals surface area contributed by atoms with Gasteiger partial charge in [0.05, 0.1) is 0 Å². The van der Waals surface area contributed by atoms with Crippen LogP contribution < -0.4 is 0 Å². The van der Waals surface area contributed by atoms with Gasteiger partial charge < -0.3 is 0 Å². The molecule has 0 heterocycles. The molecule has 0 saturated carbocycles. The van der Waals surface area contributed by atoms with Crippen LogP contribution in [0.4, 0.5) is 0 Å². The van der Waals surface area contributed by atoms with Crippen LogP contribution in [-0.2, 0) is 33.6 Å². The Labute approximate surface area is 65.4 Å². The molecule has 0 aromatic rings. The fourth-order valence-corrected chi connectivity index (χ4v) is 0. The van der Waals surface area contributed by atoms with E-state index in [0.717, 1.165) is 0 Å². The zero-order chi connectivity index (χ0) is 0. The molecular formula is BCuNiSn. The Morgan fingerprint density at radius 3 is 1.00 bits per heavy atom. The van der Waals surface area contributed by atoms with E-state index >= 15 is 0 Å². The minimum Gasteiger partial charge on any atom is 0 e. The minimum absolute atomic E-state index is 0. The summed E-state index contributed by atoms with van der Waals surface area (Å²) in [7, 11) is 0. The van der Waals surface area contributed by atoms with Gasteiger partial charge in [-0.1, -0.05) is 0 Å². The summed E-state index contributed by atoms with van der Waals surface area (Å²) in [6.07, 6.45) is 0. The van der Waals surface area contributed by atoms with E-state index in [1.165, 1.54) is 0 Å². The molecule has 0 rings (SSSR count). The molecule has 0 amide bonds. The largest absolute Gasteiger partial charge is 0 e. The molecule has 0 aliphatic rings. The van der Waals surface area contributed by atoms with Crippen molar-refractivity contribution in [3.63, 3.8) is 0 Å². The molecule has 0 unspecified atom stereocenters. The van der Waals surface area contributed by atoms with Crippen LogP contribution in [0.1, 0.15) is 0 Å².